The molecule has 1 fully saturated rings. The van der Waals surface area contributed by atoms with E-state index in [1.165, 1.54) is 0 Å². The molecule has 0 spiro atoms. The largest absolute Gasteiger partial charge is 0.389 e. The van der Waals surface area contributed by atoms with Gasteiger partial charge in [-0.1, -0.05) is 13.8 Å². The molecule has 1 saturated heterocycles. The lowest BCUT2D eigenvalue weighted by Crippen LogP contribution is -2.46. The van der Waals surface area contributed by atoms with Crippen molar-refractivity contribution in [3.63, 3.8) is 0 Å². The molecule has 1 aliphatic rings. The van der Waals surface area contributed by atoms with Crippen LogP contribution in [0.15, 0.2) is 0 Å². The maximum absolute atomic E-state index is 11.5. The smallest absolute Gasteiger partial charge is 0.0786 e. The third-order valence-electron chi connectivity index (χ3n) is 2.47. The predicted octanol–water partition coefficient (Wildman–Crippen LogP) is 0.258. The molecule has 0 saturated carbocycles. The maximum atomic E-state index is 11.5. The molecule has 0 radical (unpaired) electrons. The lowest BCUT2D eigenvalue weighted by Gasteiger charge is -2.32. The van der Waals surface area contributed by atoms with E-state index in [0.717, 1.165) is 25.9 Å². The van der Waals surface area contributed by atoms with Gasteiger partial charge in [0.05, 0.1) is 11.4 Å². The first-order valence-electron chi connectivity index (χ1n) is 4.84. The van der Waals surface area contributed by atoms with Crippen molar-refractivity contribution in [2.45, 2.75) is 37.5 Å². The molecule has 0 aromatic heterocycles. The normalized spacial score (nSPS) is 24.6. The summed E-state index contributed by atoms with van der Waals surface area (Å²) in [7, 11) is -0.886. The van der Waals surface area contributed by atoms with Gasteiger partial charge >= 0.3 is 0 Å². The quantitative estimate of drug-likeness (QED) is 0.695. The number of hydrogen-bond acceptors (Lipinski definition) is 3. The molecule has 0 amide bonds. The Morgan fingerprint density at radius 1 is 1.46 bits per heavy atom. The monoisotopic (exact) mass is 205 g/mol. The van der Waals surface area contributed by atoms with Crippen LogP contribution in [0.3, 0.4) is 0 Å². The zero-order chi connectivity index (χ0) is 9.90. The highest BCUT2D eigenvalue weighted by Gasteiger charge is 2.31. The maximum Gasteiger partial charge on any atom is 0.0786 e. The van der Waals surface area contributed by atoms with Crippen LogP contribution in [0.5, 0.6) is 0 Å². The van der Waals surface area contributed by atoms with Crippen molar-refractivity contribution in [1.29, 1.82) is 0 Å². The minimum atomic E-state index is -0.886. The van der Waals surface area contributed by atoms with Gasteiger partial charge in [-0.15, -0.1) is 0 Å². The highest BCUT2D eigenvalue weighted by atomic mass is 32.2. The van der Waals surface area contributed by atoms with Crippen LogP contribution < -0.4 is 5.32 Å². The first kappa shape index (κ1) is 11.1. The number of rotatable bonds is 3. The standard InChI is InChI=1S/C9H19NO2S/c1-8(2)13(12)7-9(11)3-5-10-6-4-9/h8,10-11H,3-7H2,1-2H3. The van der Waals surface area contributed by atoms with Crippen LogP contribution in [0.1, 0.15) is 26.7 Å². The minimum Gasteiger partial charge on any atom is -0.389 e. The van der Waals surface area contributed by atoms with Crippen LogP contribution in [0.25, 0.3) is 0 Å². The van der Waals surface area contributed by atoms with E-state index in [4.69, 9.17) is 0 Å². The summed E-state index contributed by atoms with van der Waals surface area (Å²) < 4.78 is 11.5. The molecule has 1 aliphatic heterocycles. The summed E-state index contributed by atoms with van der Waals surface area (Å²) in [4.78, 5) is 0. The highest BCUT2D eigenvalue weighted by molar-refractivity contribution is 7.85. The number of piperidine rings is 1. The van der Waals surface area contributed by atoms with E-state index >= 15 is 0 Å². The molecule has 1 rings (SSSR count). The van der Waals surface area contributed by atoms with Crippen molar-refractivity contribution in [1.82, 2.24) is 5.32 Å². The summed E-state index contributed by atoms with van der Waals surface area (Å²) in [5.41, 5.74) is -0.680. The van der Waals surface area contributed by atoms with E-state index in [1.807, 2.05) is 13.8 Å². The summed E-state index contributed by atoms with van der Waals surface area (Å²) in [5, 5.41) is 13.4. The van der Waals surface area contributed by atoms with Crippen LogP contribution in [0.4, 0.5) is 0 Å². The SMILES string of the molecule is CC(C)S(=O)CC1(O)CCNCC1. The molecule has 0 aliphatic carbocycles. The van der Waals surface area contributed by atoms with Crippen molar-refractivity contribution in [2.75, 3.05) is 18.8 Å². The summed E-state index contributed by atoms with van der Waals surface area (Å²) in [6.45, 7) is 5.54. The summed E-state index contributed by atoms with van der Waals surface area (Å²) >= 11 is 0. The van der Waals surface area contributed by atoms with Crippen molar-refractivity contribution in [2.24, 2.45) is 0 Å². The van der Waals surface area contributed by atoms with E-state index in [1.54, 1.807) is 0 Å². The molecule has 1 heterocycles. The Kier molecular flexibility index (Phi) is 3.88. The highest BCUT2D eigenvalue weighted by Crippen LogP contribution is 2.20. The minimum absolute atomic E-state index is 0.152. The molecule has 1 unspecified atom stereocenters. The lowest BCUT2D eigenvalue weighted by molar-refractivity contribution is 0.0330. The fraction of sp³-hybridized carbons (Fsp3) is 1.00. The van der Waals surface area contributed by atoms with Gasteiger partial charge in [0.1, 0.15) is 0 Å². The van der Waals surface area contributed by atoms with Crippen molar-refractivity contribution in [3.8, 4) is 0 Å². The fourth-order valence-electron chi connectivity index (χ4n) is 1.47. The third-order valence-corrected chi connectivity index (χ3v) is 4.34. The Balaban J connectivity index is 2.45. The summed E-state index contributed by atoms with van der Waals surface area (Å²) in [5.74, 6) is 0.437. The van der Waals surface area contributed by atoms with Crippen molar-refractivity contribution < 1.29 is 9.32 Å². The van der Waals surface area contributed by atoms with Crippen LogP contribution in [-0.4, -0.2) is 39.0 Å². The van der Waals surface area contributed by atoms with E-state index in [9.17, 15) is 9.32 Å². The topological polar surface area (TPSA) is 49.3 Å². The van der Waals surface area contributed by atoms with Gasteiger partial charge in [0.2, 0.25) is 0 Å². The van der Waals surface area contributed by atoms with Crippen LogP contribution in [-0.2, 0) is 10.8 Å². The van der Waals surface area contributed by atoms with Crippen molar-refractivity contribution >= 4 is 10.8 Å². The zero-order valence-electron chi connectivity index (χ0n) is 8.38. The number of nitrogens with one attached hydrogen (secondary N) is 1. The Bertz CT molecular complexity index is 188. The van der Waals surface area contributed by atoms with E-state index < -0.39 is 16.4 Å². The van der Waals surface area contributed by atoms with Gasteiger partial charge < -0.3 is 10.4 Å². The van der Waals surface area contributed by atoms with Crippen molar-refractivity contribution in [3.05, 3.63) is 0 Å². The summed E-state index contributed by atoms with van der Waals surface area (Å²) in [6.07, 6.45) is 1.46. The molecule has 78 valence electrons. The second-order valence-electron chi connectivity index (χ2n) is 4.05. The second-order valence-corrected chi connectivity index (χ2v) is 6.04. The Labute approximate surface area is 82.4 Å². The molecule has 1 atom stereocenters. The Morgan fingerprint density at radius 2 is 2.00 bits per heavy atom. The molecular weight excluding hydrogens is 186 g/mol. The van der Waals surface area contributed by atoms with E-state index in [0.29, 0.717) is 5.75 Å². The molecule has 0 aromatic carbocycles. The average Bonchev–Trinajstić information content (AvgIpc) is 2.04. The second kappa shape index (κ2) is 4.53. The van der Waals surface area contributed by atoms with E-state index in [-0.39, 0.29) is 5.25 Å². The molecule has 2 N–H and O–H groups in total. The lowest BCUT2D eigenvalue weighted by atomic mass is 9.95. The van der Waals surface area contributed by atoms with E-state index in [2.05, 4.69) is 5.32 Å². The van der Waals surface area contributed by atoms with Gasteiger partial charge in [-0.25, -0.2) is 0 Å². The van der Waals surface area contributed by atoms with Crippen LogP contribution in [0.2, 0.25) is 0 Å². The van der Waals surface area contributed by atoms with Crippen LogP contribution >= 0.6 is 0 Å². The summed E-state index contributed by atoms with van der Waals surface area (Å²) in [6, 6.07) is 0. The number of aliphatic hydroxyl groups is 1. The number of hydrogen-bond donors (Lipinski definition) is 2. The average molecular weight is 205 g/mol. The zero-order valence-corrected chi connectivity index (χ0v) is 9.19. The fourth-order valence-corrected chi connectivity index (χ4v) is 2.62. The van der Waals surface area contributed by atoms with Gasteiger partial charge in [-0.3, -0.25) is 4.21 Å². The van der Waals surface area contributed by atoms with Gasteiger partial charge in [0.15, 0.2) is 0 Å². The first-order valence-corrected chi connectivity index (χ1v) is 6.22. The van der Waals surface area contributed by atoms with Gasteiger partial charge in [-0.2, -0.15) is 0 Å². The first-order chi connectivity index (χ1) is 6.03. The molecule has 13 heavy (non-hydrogen) atoms. The van der Waals surface area contributed by atoms with Gasteiger partial charge in [0.25, 0.3) is 0 Å². The molecular formula is C9H19NO2S. The molecule has 3 nitrogen and oxygen atoms in total. The van der Waals surface area contributed by atoms with Gasteiger partial charge in [0, 0.05) is 16.0 Å². The predicted molar refractivity (Wildman–Crippen MR) is 55.2 cm³/mol. The van der Waals surface area contributed by atoms with Crippen LogP contribution in [0, 0.1) is 0 Å². The molecule has 0 aromatic rings. The molecule has 0 bridgehead atoms. The third kappa shape index (κ3) is 3.37. The Hall–Kier alpha value is 0.0700. The Morgan fingerprint density at radius 3 is 2.46 bits per heavy atom. The molecule has 4 heteroatoms. The van der Waals surface area contributed by atoms with Gasteiger partial charge in [-0.05, 0) is 25.9 Å².